The van der Waals surface area contributed by atoms with Crippen molar-refractivity contribution in [2.24, 2.45) is 0 Å². The number of benzene rings is 3. The van der Waals surface area contributed by atoms with E-state index in [4.69, 9.17) is 18.9 Å². The second-order valence-electron chi connectivity index (χ2n) is 9.83. The Labute approximate surface area is 246 Å². The summed E-state index contributed by atoms with van der Waals surface area (Å²) in [6, 6.07) is 17.3. The number of halogens is 1. The first-order chi connectivity index (χ1) is 20.6. The Morgan fingerprint density at radius 2 is 1.90 bits per heavy atom. The van der Waals surface area contributed by atoms with E-state index in [1.807, 2.05) is 17.5 Å². The lowest BCUT2D eigenvalue weighted by atomic mass is 10.1. The first-order valence-electron chi connectivity index (χ1n) is 13.7. The van der Waals surface area contributed by atoms with Gasteiger partial charge < -0.3 is 24.3 Å². The van der Waals surface area contributed by atoms with Crippen LogP contribution in [0.3, 0.4) is 0 Å². The number of anilines is 1. The largest absolute Gasteiger partial charge is 0.493 e. The van der Waals surface area contributed by atoms with Gasteiger partial charge in [0, 0.05) is 48.4 Å². The highest BCUT2D eigenvalue weighted by atomic mass is 32.1. The van der Waals surface area contributed by atoms with E-state index in [2.05, 4.69) is 15.2 Å². The van der Waals surface area contributed by atoms with Crippen molar-refractivity contribution >= 4 is 44.6 Å². The number of ether oxygens (including phenoxy) is 4. The Bertz CT molecular complexity index is 1710. The molecule has 8 nitrogen and oxygen atoms in total. The van der Waals surface area contributed by atoms with Crippen molar-refractivity contribution < 1.29 is 28.1 Å². The highest BCUT2D eigenvalue weighted by Crippen LogP contribution is 2.38. The molecule has 0 aliphatic carbocycles. The molecule has 0 radical (unpaired) electrons. The fourth-order valence-corrected chi connectivity index (χ4v) is 5.55. The summed E-state index contributed by atoms with van der Waals surface area (Å²) in [7, 11) is 1.58. The molecular formula is C32H30FN3O5S. The lowest BCUT2D eigenvalue weighted by molar-refractivity contribution is 0.0357. The normalized spacial score (nSPS) is 13.8. The number of rotatable bonds is 10. The predicted molar refractivity (Wildman–Crippen MR) is 162 cm³/mol. The van der Waals surface area contributed by atoms with E-state index < -0.39 is 5.82 Å². The van der Waals surface area contributed by atoms with Crippen LogP contribution in [0.1, 0.15) is 16.1 Å². The van der Waals surface area contributed by atoms with Gasteiger partial charge in [-0.2, -0.15) is 0 Å². The van der Waals surface area contributed by atoms with Gasteiger partial charge in [0.15, 0.2) is 23.1 Å². The van der Waals surface area contributed by atoms with Crippen LogP contribution in [0.15, 0.2) is 72.2 Å². The van der Waals surface area contributed by atoms with Gasteiger partial charge in [-0.15, -0.1) is 11.3 Å². The van der Waals surface area contributed by atoms with Crippen LogP contribution in [-0.2, 0) is 4.74 Å². The van der Waals surface area contributed by atoms with Gasteiger partial charge in [-0.3, -0.25) is 14.7 Å². The number of methoxy groups -OCH3 is 1. The van der Waals surface area contributed by atoms with Crippen molar-refractivity contribution in [1.82, 2.24) is 9.88 Å². The topological polar surface area (TPSA) is 82.2 Å². The molecule has 3 aromatic carbocycles. The molecule has 216 valence electrons. The van der Waals surface area contributed by atoms with E-state index in [9.17, 15) is 4.79 Å². The maximum atomic E-state index is 15.6. The number of aromatic nitrogens is 1. The number of nitrogens with one attached hydrogen (secondary N) is 1. The third-order valence-electron chi connectivity index (χ3n) is 7.11. The summed E-state index contributed by atoms with van der Waals surface area (Å²) in [5, 5.41) is 6.39. The van der Waals surface area contributed by atoms with E-state index in [-0.39, 0.29) is 11.7 Å². The van der Waals surface area contributed by atoms with Gasteiger partial charge in [-0.1, -0.05) is 12.1 Å². The van der Waals surface area contributed by atoms with E-state index in [1.165, 1.54) is 11.3 Å². The number of morpholine rings is 1. The van der Waals surface area contributed by atoms with Crippen LogP contribution >= 0.6 is 11.3 Å². The van der Waals surface area contributed by atoms with Gasteiger partial charge in [-0.25, -0.2) is 4.39 Å². The molecule has 0 saturated carbocycles. The van der Waals surface area contributed by atoms with Crippen LogP contribution in [0.2, 0.25) is 0 Å². The molecule has 0 spiro atoms. The summed E-state index contributed by atoms with van der Waals surface area (Å²) in [6.07, 6.45) is 2.50. The number of hydrogen-bond acceptors (Lipinski definition) is 8. The van der Waals surface area contributed by atoms with Crippen LogP contribution in [0.25, 0.3) is 21.7 Å². The smallest absolute Gasteiger partial charge is 0.265 e. The average molecular weight is 588 g/mol. The second kappa shape index (κ2) is 12.7. The molecule has 0 bridgehead atoms. The number of fused-ring (bicyclic) bond motifs is 2. The molecule has 1 N–H and O–H groups in total. The zero-order chi connectivity index (χ0) is 28.9. The fraction of sp³-hybridized carbons (Fsp3) is 0.250. The van der Waals surface area contributed by atoms with Crippen LogP contribution in [0.5, 0.6) is 23.0 Å². The summed E-state index contributed by atoms with van der Waals surface area (Å²) in [4.78, 5) is 19.9. The zero-order valence-corrected chi connectivity index (χ0v) is 23.9. The zero-order valence-electron chi connectivity index (χ0n) is 23.1. The van der Waals surface area contributed by atoms with Crippen molar-refractivity contribution in [3.8, 4) is 23.0 Å². The molecule has 42 heavy (non-hydrogen) atoms. The van der Waals surface area contributed by atoms with Crippen molar-refractivity contribution in [1.29, 1.82) is 0 Å². The number of thiophene rings is 1. The molecule has 5 aromatic rings. The predicted octanol–water partition coefficient (Wildman–Crippen LogP) is 6.74. The number of amides is 1. The maximum Gasteiger partial charge on any atom is 0.265 e. The molecule has 1 amide bonds. The quantitative estimate of drug-likeness (QED) is 0.181. The Morgan fingerprint density at radius 1 is 1.02 bits per heavy atom. The lowest BCUT2D eigenvalue weighted by Gasteiger charge is -2.26. The summed E-state index contributed by atoms with van der Waals surface area (Å²) in [6.45, 7) is 4.91. The van der Waals surface area contributed by atoms with Crippen LogP contribution in [0, 0.1) is 5.82 Å². The van der Waals surface area contributed by atoms with E-state index in [0.717, 1.165) is 39.3 Å². The number of nitrogens with zero attached hydrogens (tertiary/aromatic N) is 2. The van der Waals surface area contributed by atoms with E-state index in [0.29, 0.717) is 56.1 Å². The maximum absolute atomic E-state index is 15.6. The number of carbonyl (C=O) groups excluding carboxylic acids is 1. The molecule has 3 heterocycles. The Morgan fingerprint density at radius 3 is 2.71 bits per heavy atom. The van der Waals surface area contributed by atoms with Gasteiger partial charge in [0.25, 0.3) is 5.91 Å². The SMILES string of the molecule is COc1cc2c(Oc3ccc4cc(NC(=O)c5cccs5)ccc4c3F)ccnc2cc1OCCCN1CCOCC1. The Hall–Kier alpha value is -4.25. The molecule has 1 aliphatic heterocycles. The monoisotopic (exact) mass is 587 g/mol. The lowest BCUT2D eigenvalue weighted by Crippen LogP contribution is -2.37. The molecule has 0 unspecified atom stereocenters. The number of hydrogen-bond donors (Lipinski definition) is 1. The fourth-order valence-electron chi connectivity index (χ4n) is 4.93. The highest BCUT2D eigenvalue weighted by Gasteiger charge is 2.16. The third-order valence-corrected chi connectivity index (χ3v) is 7.98. The molecular weight excluding hydrogens is 557 g/mol. The van der Waals surface area contributed by atoms with Gasteiger partial charge in [0.05, 0.1) is 37.3 Å². The number of pyridine rings is 1. The summed E-state index contributed by atoms with van der Waals surface area (Å²) in [5.74, 6) is 0.952. The molecule has 2 aromatic heterocycles. The molecule has 6 rings (SSSR count). The summed E-state index contributed by atoms with van der Waals surface area (Å²) >= 11 is 1.36. The minimum Gasteiger partial charge on any atom is -0.493 e. The van der Waals surface area contributed by atoms with Gasteiger partial charge in [0.2, 0.25) is 0 Å². The van der Waals surface area contributed by atoms with Crippen molar-refractivity contribution in [3.05, 3.63) is 82.9 Å². The van der Waals surface area contributed by atoms with Crippen LogP contribution in [0.4, 0.5) is 10.1 Å². The molecule has 10 heteroatoms. The van der Waals surface area contributed by atoms with Crippen molar-refractivity contribution in [2.75, 3.05) is 51.9 Å². The highest BCUT2D eigenvalue weighted by molar-refractivity contribution is 7.12. The van der Waals surface area contributed by atoms with Crippen molar-refractivity contribution in [2.45, 2.75) is 6.42 Å². The Kier molecular flexibility index (Phi) is 8.45. The van der Waals surface area contributed by atoms with Gasteiger partial charge in [-0.05, 0) is 59.7 Å². The van der Waals surface area contributed by atoms with Gasteiger partial charge >= 0.3 is 0 Å². The Balaban J connectivity index is 1.18. The molecule has 0 atom stereocenters. The minimum absolute atomic E-state index is 0.0766. The molecule has 1 fully saturated rings. The minimum atomic E-state index is -0.499. The second-order valence-corrected chi connectivity index (χ2v) is 10.8. The number of carbonyl (C=O) groups is 1. The van der Waals surface area contributed by atoms with Crippen LogP contribution in [-0.4, -0.2) is 62.4 Å². The standard InChI is InChI=1S/C32H30FN3O5S/c1-38-28-19-24-25(20-29(28)40-14-3-11-36-12-15-39-16-13-36)34-10-9-26(24)41-27-8-5-21-18-22(6-7-23(21)31(27)33)35-32(37)30-4-2-17-42-30/h2,4-10,17-20H,3,11-16H2,1H3,(H,35,37). The van der Waals surface area contributed by atoms with Crippen LogP contribution < -0.4 is 19.5 Å². The average Bonchev–Trinajstić information content (AvgIpc) is 3.57. The molecule has 1 saturated heterocycles. The van der Waals surface area contributed by atoms with Crippen molar-refractivity contribution in [3.63, 3.8) is 0 Å². The van der Waals surface area contributed by atoms with Gasteiger partial charge in [0.1, 0.15) is 5.75 Å². The van der Waals surface area contributed by atoms with E-state index in [1.54, 1.807) is 61.8 Å². The summed E-state index contributed by atoms with van der Waals surface area (Å²) in [5.41, 5.74) is 1.23. The first-order valence-corrected chi connectivity index (χ1v) is 14.6. The first kappa shape index (κ1) is 27.9. The van der Waals surface area contributed by atoms with E-state index >= 15 is 4.39 Å². The summed E-state index contributed by atoms with van der Waals surface area (Å²) < 4.78 is 38.8. The molecule has 1 aliphatic rings. The third kappa shape index (κ3) is 6.15.